The van der Waals surface area contributed by atoms with Crippen LogP contribution in [0.3, 0.4) is 0 Å². The van der Waals surface area contributed by atoms with Crippen molar-refractivity contribution in [3.8, 4) is 0 Å². The monoisotopic (exact) mass is 340 g/mol. The average molecular weight is 340 g/mol. The Morgan fingerprint density at radius 1 is 1.17 bits per heavy atom. The van der Waals surface area contributed by atoms with Gasteiger partial charge in [0.05, 0.1) is 9.80 Å². The summed E-state index contributed by atoms with van der Waals surface area (Å²) in [5, 5.41) is 14.5. The summed E-state index contributed by atoms with van der Waals surface area (Å²) in [7, 11) is 0. The summed E-state index contributed by atoms with van der Waals surface area (Å²) in [5.74, 6) is 0.0958. The van der Waals surface area contributed by atoms with Crippen LogP contribution >= 0.6 is 11.3 Å². The Morgan fingerprint density at radius 3 is 2.62 bits per heavy atom. The van der Waals surface area contributed by atoms with E-state index in [-0.39, 0.29) is 11.6 Å². The zero-order chi connectivity index (χ0) is 17.3. The SMILES string of the molecule is CC(C)c1ccccc1NC(=O)c1cc2cc([N+](=O)[O-])ccc2s1. The molecule has 1 aromatic heterocycles. The Bertz CT molecular complexity index is 931. The number of hydrogen-bond acceptors (Lipinski definition) is 4. The van der Waals surface area contributed by atoms with Gasteiger partial charge in [-0.15, -0.1) is 11.3 Å². The van der Waals surface area contributed by atoms with E-state index in [9.17, 15) is 14.9 Å². The molecule has 6 heteroatoms. The number of amides is 1. The number of nitro benzene ring substituents is 1. The summed E-state index contributed by atoms with van der Waals surface area (Å²) in [4.78, 5) is 23.5. The fourth-order valence-electron chi connectivity index (χ4n) is 2.55. The van der Waals surface area contributed by atoms with E-state index >= 15 is 0 Å². The Morgan fingerprint density at radius 2 is 1.92 bits per heavy atom. The van der Waals surface area contributed by atoms with Crippen molar-refractivity contribution in [1.82, 2.24) is 0 Å². The summed E-state index contributed by atoms with van der Waals surface area (Å²) >= 11 is 1.32. The van der Waals surface area contributed by atoms with Crippen LogP contribution in [0.15, 0.2) is 48.5 Å². The molecule has 0 saturated heterocycles. The number of fused-ring (bicyclic) bond motifs is 1. The molecule has 2 aromatic carbocycles. The van der Waals surface area contributed by atoms with Crippen molar-refractivity contribution in [2.45, 2.75) is 19.8 Å². The predicted molar refractivity (Wildman–Crippen MR) is 97.0 cm³/mol. The van der Waals surface area contributed by atoms with E-state index < -0.39 is 4.92 Å². The van der Waals surface area contributed by atoms with Gasteiger partial charge in [-0.25, -0.2) is 0 Å². The van der Waals surface area contributed by atoms with Crippen molar-refractivity contribution in [3.63, 3.8) is 0 Å². The second-order valence-corrected chi connectivity index (χ2v) is 6.87. The highest BCUT2D eigenvalue weighted by Crippen LogP contribution is 2.30. The predicted octanol–water partition coefficient (Wildman–Crippen LogP) is 5.19. The Labute approximate surface area is 143 Å². The number of carbonyl (C=O) groups excluding carboxylic acids is 1. The number of thiophene rings is 1. The topological polar surface area (TPSA) is 72.2 Å². The number of benzene rings is 2. The molecule has 122 valence electrons. The third kappa shape index (κ3) is 3.14. The maximum Gasteiger partial charge on any atom is 0.270 e. The Balaban J connectivity index is 1.91. The van der Waals surface area contributed by atoms with E-state index in [1.807, 2.05) is 24.3 Å². The quantitative estimate of drug-likeness (QED) is 0.525. The lowest BCUT2D eigenvalue weighted by atomic mass is 10.0. The Hall–Kier alpha value is -2.73. The summed E-state index contributed by atoms with van der Waals surface area (Å²) in [5.41, 5.74) is 1.89. The standard InChI is InChI=1S/C18H16N2O3S/c1-11(2)14-5-3-4-6-15(14)19-18(21)17-10-12-9-13(20(22)23)7-8-16(12)24-17/h3-11H,1-2H3,(H,19,21). The zero-order valence-corrected chi connectivity index (χ0v) is 14.1. The number of non-ortho nitro benzene ring substituents is 1. The molecule has 3 rings (SSSR count). The summed E-state index contributed by atoms with van der Waals surface area (Å²) in [6.07, 6.45) is 0. The summed E-state index contributed by atoms with van der Waals surface area (Å²) in [6.45, 7) is 4.15. The van der Waals surface area contributed by atoms with Gasteiger partial charge in [-0.1, -0.05) is 32.0 Å². The number of rotatable bonds is 4. The van der Waals surface area contributed by atoms with Gasteiger partial charge in [0.1, 0.15) is 0 Å². The van der Waals surface area contributed by atoms with Crippen LogP contribution in [0.4, 0.5) is 11.4 Å². The van der Waals surface area contributed by atoms with Crippen LogP contribution < -0.4 is 5.32 Å². The highest BCUT2D eigenvalue weighted by molar-refractivity contribution is 7.20. The lowest BCUT2D eigenvalue weighted by Crippen LogP contribution is -2.12. The van der Waals surface area contributed by atoms with Crippen LogP contribution in [0, 0.1) is 10.1 Å². The molecule has 1 heterocycles. The highest BCUT2D eigenvalue weighted by Gasteiger charge is 2.15. The van der Waals surface area contributed by atoms with Gasteiger partial charge in [0, 0.05) is 27.9 Å². The van der Waals surface area contributed by atoms with Gasteiger partial charge in [-0.2, -0.15) is 0 Å². The van der Waals surface area contributed by atoms with Crippen molar-refractivity contribution >= 4 is 38.7 Å². The first-order valence-corrected chi connectivity index (χ1v) is 8.35. The number of nitrogens with one attached hydrogen (secondary N) is 1. The lowest BCUT2D eigenvalue weighted by molar-refractivity contribution is -0.384. The number of anilines is 1. The first-order valence-electron chi connectivity index (χ1n) is 7.54. The molecule has 24 heavy (non-hydrogen) atoms. The third-order valence-electron chi connectivity index (χ3n) is 3.77. The third-order valence-corrected chi connectivity index (χ3v) is 4.88. The summed E-state index contributed by atoms with van der Waals surface area (Å²) < 4.78 is 0.850. The molecule has 0 spiro atoms. The minimum absolute atomic E-state index is 0.0254. The fourth-order valence-corrected chi connectivity index (χ4v) is 3.49. The van der Waals surface area contributed by atoms with Crippen LogP contribution in [0.1, 0.15) is 35.0 Å². The molecule has 0 aliphatic rings. The van der Waals surface area contributed by atoms with E-state index in [0.717, 1.165) is 16.0 Å². The van der Waals surface area contributed by atoms with Crippen molar-refractivity contribution in [1.29, 1.82) is 0 Å². The van der Waals surface area contributed by atoms with Crippen LogP contribution in [-0.2, 0) is 0 Å². The van der Waals surface area contributed by atoms with Gasteiger partial charge in [0.15, 0.2) is 0 Å². The largest absolute Gasteiger partial charge is 0.321 e. The first-order chi connectivity index (χ1) is 11.5. The molecule has 0 aliphatic carbocycles. The molecule has 0 fully saturated rings. The van der Waals surface area contributed by atoms with Crippen LogP contribution in [0.5, 0.6) is 0 Å². The number of hydrogen-bond donors (Lipinski definition) is 1. The van der Waals surface area contributed by atoms with Gasteiger partial charge >= 0.3 is 0 Å². The summed E-state index contributed by atoms with van der Waals surface area (Å²) in [6, 6.07) is 14.0. The van der Waals surface area contributed by atoms with Crippen LogP contribution in [0.2, 0.25) is 0 Å². The van der Waals surface area contributed by atoms with Gasteiger partial charge in [-0.3, -0.25) is 14.9 Å². The van der Waals surface area contributed by atoms with Gasteiger partial charge in [0.2, 0.25) is 0 Å². The molecule has 0 unspecified atom stereocenters. The second kappa shape index (κ2) is 6.41. The first kappa shape index (κ1) is 16.1. The van der Waals surface area contributed by atoms with Gasteiger partial charge in [0.25, 0.3) is 11.6 Å². The normalized spacial score (nSPS) is 11.0. The molecule has 0 saturated carbocycles. The molecule has 5 nitrogen and oxygen atoms in total. The van der Waals surface area contributed by atoms with E-state index in [4.69, 9.17) is 0 Å². The van der Waals surface area contributed by atoms with E-state index in [1.165, 1.54) is 23.5 Å². The zero-order valence-electron chi connectivity index (χ0n) is 13.3. The molecule has 0 radical (unpaired) electrons. The molecular weight excluding hydrogens is 324 g/mol. The number of nitrogens with zero attached hydrogens (tertiary/aromatic N) is 1. The minimum atomic E-state index is -0.435. The average Bonchev–Trinajstić information content (AvgIpc) is 2.98. The number of para-hydroxylation sites is 1. The van der Waals surface area contributed by atoms with E-state index in [0.29, 0.717) is 16.2 Å². The fraction of sp³-hybridized carbons (Fsp3) is 0.167. The molecule has 0 aliphatic heterocycles. The smallest absolute Gasteiger partial charge is 0.270 e. The number of nitro groups is 1. The second-order valence-electron chi connectivity index (χ2n) is 5.79. The number of carbonyl (C=O) groups is 1. The maximum atomic E-state index is 12.5. The van der Waals surface area contributed by atoms with Crippen molar-refractivity contribution < 1.29 is 9.72 Å². The van der Waals surface area contributed by atoms with E-state index in [1.54, 1.807) is 12.1 Å². The maximum absolute atomic E-state index is 12.5. The van der Waals surface area contributed by atoms with Crippen molar-refractivity contribution in [2.75, 3.05) is 5.32 Å². The van der Waals surface area contributed by atoms with Gasteiger partial charge < -0.3 is 5.32 Å². The molecule has 0 bridgehead atoms. The van der Waals surface area contributed by atoms with Crippen LogP contribution in [-0.4, -0.2) is 10.8 Å². The van der Waals surface area contributed by atoms with Crippen molar-refractivity contribution in [3.05, 3.63) is 69.1 Å². The molecular formula is C18H16N2O3S. The lowest BCUT2D eigenvalue weighted by Gasteiger charge is -2.12. The van der Waals surface area contributed by atoms with E-state index in [2.05, 4.69) is 19.2 Å². The molecule has 3 aromatic rings. The van der Waals surface area contributed by atoms with Gasteiger partial charge in [-0.05, 0) is 29.7 Å². The highest BCUT2D eigenvalue weighted by atomic mass is 32.1. The molecule has 1 amide bonds. The molecule has 0 atom stereocenters. The minimum Gasteiger partial charge on any atom is -0.321 e. The molecule has 1 N–H and O–H groups in total. The Kier molecular flexibility index (Phi) is 4.31. The van der Waals surface area contributed by atoms with Crippen LogP contribution in [0.25, 0.3) is 10.1 Å². The van der Waals surface area contributed by atoms with Crippen molar-refractivity contribution in [2.24, 2.45) is 0 Å².